The van der Waals surface area contributed by atoms with E-state index in [4.69, 9.17) is 5.11 Å². The van der Waals surface area contributed by atoms with Gasteiger partial charge in [-0.25, -0.2) is 23.7 Å². The summed E-state index contributed by atoms with van der Waals surface area (Å²) >= 11 is 0. The lowest BCUT2D eigenvalue weighted by Crippen LogP contribution is -2.37. The fourth-order valence-corrected chi connectivity index (χ4v) is 4.05. The molecule has 1 N–H and O–H groups in total. The maximum Gasteiger partial charge on any atom is 0.407 e. The van der Waals surface area contributed by atoms with E-state index in [1.54, 1.807) is 10.6 Å². The van der Waals surface area contributed by atoms with Crippen LogP contribution in [-0.2, 0) is 0 Å². The molecule has 0 spiro atoms. The number of carboxylic acid groups (broad SMARTS) is 1. The lowest BCUT2D eigenvalue weighted by atomic mass is 9.96. The normalized spacial score (nSPS) is 15.1. The van der Waals surface area contributed by atoms with Crippen LogP contribution in [0.15, 0.2) is 24.4 Å². The molecule has 10 heteroatoms. The second-order valence-electron chi connectivity index (χ2n) is 7.90. The second-order valence-corrected chi connectivity index (χ2v) is 7.90. The number of imidazole rings is 1. The fraction of sp³-hybridized carbons (Fsp3) is 0.333. The first-order valence-electron chi connectivity index (χ1n) is 10.0. The van der Waals surface area contributed by atoms with Crippen LogP contribution in [0.25, 0.3) is 27.9 Å². The monoisotopic (exact) mass is 421 g/mol. The number of hydrogen-bond acceptors (Lipinski definition) is 6. The van der Waals surface area contributed by atoms with Gasteiger partial charge in [0.25, 0.3) is 0 Å². The Morgan fingerprint density at radius 3 is 2.65 bits per heavy atom. The van der Waals surface area contributed by atoms with Crippen LogP contribution in [0.5, 0.6) is 0 Å². The maximum atomic E-state index is 15.0. The number of nitrogens with zero attached hydrogens (tertiary/aromatic N) is 7. The van der Waals surface area contributed by atoms with Crippen molar-refractivity contribution in [3.63, 3.8) is 0 Å². The molecule has 5 rings (SSSR count). The fourth-order valence-electron chi connectivity index (χ4n) is 4.05. The van der Waals surface area contributed by atoms with Gasteiger partial charge in [-0.3, -0.25) is 0 Å². The molecule has 31 heavy (non-hydrogen) atoms. The van der Waals surface area contributed by atoms with Crippen molar-refractivity contribution in [3.8, 4) is 11.3 Å². The third kappa shape index (κ3) is 3.43. The zero-order chi connectivity index (χ0) is 21.7. The van der Waals surface area contributed by atoms with Crippen LogP contribution >= 0.6 is 0 Å². The Bertz CT molecular complexity index is 1330. The summed E-state index contributed by atoms with van der Waals surface area (Å²) in [7, 11) is 0. The minimum absolute atomic E-state index is 0.0391. The van der Waals surface area contributed by atoms with Crippen molar-refractivity contribution in [2.24, 2.45) is 0 Å². The molecule has 1 fully saturated rings. The Labute approximate surface area is 176 Å². The summed E-state index contributed by atoms with van der Waals surface area (Å²) in [6.45, 7) is 4.65. The summed E-state index contributed by atoms with van der Waals surface area (Å²) in [5.74, 6) is -0.0794. The molecule has 4 heterocycles. The number of fused-ring (bicyclic) bond motifs is 2. The number of amides is 1. The van der Waals surface area contributed by atoms with E-state index in [2.05, 4.69) is 25.3 Å². The molecule has 1 aliphatic rings. The first-order valence-corrected chi connectivity index (χ1v) is 10.0. The zero-order valence-corrected chi connectivity index (χ0v) is 17.1. The van der Waals surface area contributed by atoms with E-state index in [-0.39, 0.29) is 11.4 Å². The van der Waals surface area contributed by atoms with Crippen LogP contribution in [-0.4, -0.2) is 59.0 Å². The molecule has 0 unspecified atom stereocenters. The van der Waals surface area contributed by atoms with Crippen molar-refractivity contribution in [2.75, 3.05) is 13.1 Å². The summed E-state index contributed by atoms with van der Waals surface area (Å²) < 4.78 is 16.7. The minimum atomic E-state index is -0.928. The zero-order valence-electron chi connectivity index (χ0n) is 17.1. The Balaban J connectivity index is 1.49. The molecule has 0 atom stereocenters. The van der Waals surface area contributed by atoms with E-state index in [1.807, 2.05) is 26.1 Å². The van der Waals surface area contributed by atoms with E-state index in [0.717, 1.165) is 16.9 Å². The van der Waals surface area contributed by atoms with E-state index in [1.165, 1.54) is 11.0 Å². The molecule has 4 aromatic rings. The van der Waals surface area contributed by atoms with Crippen LogP contribution in [0, 0.1) is 19.7 Å². The highest BCUT2D eigenvalue weighted by Crippen LogP contribution is 2.29. The lowest BCUT2D eigenvalue weighted by Gasteiger charge is -2.28. The minimum Gasteiger partial charge on any atom is -0.465 e. The molecule has 0 radical (unpaired) electrons. The molecular formula is C21H20FN7O2. The number of halogens is 1. The van der Waals surface area contributed by atoms with Gasteiger partial charge in [-0.15, -0.1) is 10.2 Å². The van der Waals surface area contributed by atoms with Gasteiger partial charge < -0.3 is 10.0 Å². The highest BCUT2D eigenvalue weighted by Gasteiger charge is 2.26. The van der Waals surface area contributed by atoms with Gasteiger partial charge >= 0.3 is 6.09 Å². The molecule has 158 valence electrons. The van der Waals surface area contributed by atoms with Crippen molar-refractivity contribution < 1.29 is 14.3 Å². The predicted molar refractivity (Wildman–Crippen MR) is 110 cm³/mol. The van der Waals surface area contributed by atoms with Crippen molar-refractivity contribution in [3.05, 3.63) is 47.3 Å². The number of benzene rings is 1. The molecule has 0 saturated carbocycles. The molecule has 1 aliphatic heterocycles. The maximum absolute atomic E-state index is 15.0. The van der Waals surface area contributed by atoms with Crippen LogP contribution in [0.3, 0.4) is 0 Å². The van der Waals surface area contributed by atoms with Crippen molar-refractivity contribution >= 4 is 22.8 Å². The molecule has 0 aliphatic carbocycles. The summed E-state index contributed by atoms with van der Waals surface area (Å²) in [5.41, 5.74) is 4.26. The Kier molecular flexibility index (Phi) is 4.49. The van der Waals surface area contributed by atoms with E-state index in [0.29, 0.717) is 48.5 Å². The summed E-state index contributed by atoms with van der Waals surface area (Å²) in [4.78, 5) is 21.3. The van der Waals surface area contributed by atoms with Crippen LogP contribution in [0.2, 0.25) is 0 Å². The number of rotatable bonds is 2. The third-order valence-electron chi connectivity index (χ3n) is 5.69. The van der Waals surface area contributed by atoms with E-state index >= 15 is 4.39 Å². The van der Waals surface area contributed by atoms with Gasteiger partial charge in [-0.2, -0.15) is 5.10 Å². The van der Waals surface area contributed by atoms with Crippen LogP contribution in [0.1, 0.15) is 35.8 Å². The number of aryl methyl sites for hydroxylation is 2. The van der Waals surface area contributed by atoms with Crippen LogP contribution < -0.4 is 0 Å². The van der Waals surface area contributed by atoms with Gasteiger partial charge in [-0.05, 0) is 50.5 Å². The average Bonchev–Trinajstić information content (AvgIpc) is 3.14. The number of likely N-dealkylation sites (tertiary alicyclic amines) is 1. The van der Waals surface area contributed by atoms with Gasteiger partial charge in [-0.1, -0.05) is 0 Å². The van der Waals surface area contributed by atoms with E-state index < -0.39 is 11.9 Å². The highest BCUT2D eigenvalue weighted by atomic mass is 19.1. The average molecular weight is 421 g/mol. The SMILES string of the molecule is Cc1cn2nc(-c3cc(F)c4nc(C5CCN(C(=O)O)CC5)nnc4c3)cc(C)c2n1. The highest BCUT2D eigenvalue weighted by molar-refractivity contribution is 5.81. The van der Waals surface area contributed by atoms with Gasteiger partial charge in [0.2, 0.25) is 0 Å². The van der Waals surface area contributed by atoms with Gasteiger partial charge in [0.1, 0.15) is 11.0 Å². The second kappa shape index (κ2) is 7.22. The molecule has 9 nitrogen and oxygen atoms in total. The van der Waals surface area contributed by atoms with Gasteiger partial charge in [0.05, 0.1) is 17.6 Å². The predicted octanol–water partition coefficient (Wildman–Crippen LogP) is 3.35. The Morgan fingerprint density at radius 2 is 1.90 bits per heavy atom. The first-order chi connectivity index (χ1) is 14.9. The van der Waals surface area contributed by atoms with Crippen molar-refractivity contribution in [1.82, 2.24) is 34.7 Å². The molecule has 0 bridgehead atoms. The number of piperidine rings is 1. The molecule has 3 aromatic heterocycles. The summed E-state index contributed by atoms with van der Waals surface area (Å²) in [6, 6.07) is 5.01. The largest absolute Gasteiger partial charge is 0.465 e. The Morgan fingerprint density at radius 1 is 1.13 bits per heavy atom. The summed E-state index contributed by atoms with van der Waals surface area (Å²) in [6.07, 6.45) is 2.08. The number of aromatic nitrogens is 6. The standard InChI is InChI=1S/C21H20FN7O2/c1-11-7-16(27-29-10-12(2)23-20(11)29)14-8-15(22)18-17(9-14)25-26-19(24-18)13-3-5-28(6-4-13)21(30)31/h7-10,13H,3-6H2,1-2H3,(H,30,31). The Hall–Kier alpha value is -3.69. The van der Waals surface area contributed by atoms with Crippen molar-refractivity contribution in [2.45, 2.75) is 32.6 Å². The third-order valence-corrected chi connectivity index (χ3v) is 5.69. The lowest BCUT2D eigenvalue weighted by molar-refractivity contribution is 0.131. The molecule has 1 amide bonds. The van der Waals surface area contributed by atoms with E-state index in [9.17, 15) is 4.79 Å². The summed E-state index contributed by atoms with van der Waals surface area (Å²) in [5, 5.41) is 22.1. The smallest absolute Gasteiger partial charge is 0.407 e. The number of carbonyl (C=O) groups is 1. The molecule has 1 saturated heterocycles. The number of hydrogen-bond donors (Lipinski definition) is 1. The molecule has 1 aromatic carbocycles. The van der Waals surface area contributed by atoms with Gasteiger partial charge in [0.15, 0.2) is 17.3 Å². The molecular weight excluding hydrogens is 401 g/mol. The quantitative estimate of drug-likeness (QED) is 0.529. The van der Waals surface area contributed by atoms with Crippen molar-refractivity contribution in [1.29, 1.82) is 0 Å². The van der Waals surface area contributed by atoms with Gasteiger partial charge in [0, 0.05) is 24.6 Å². The van der Waals surface area contributed by atoms with Crippen LogP contribution in [0.4, 0.5) is 9.18 Å². The topological polar surface area (TPSA) is 109 Å². The first kappa shape index (κ1) is 19.3.